The molecule has 0 atom stereocenters. The van der Waals surface area contributed by atoms with Crippen LogP contribution in [0.15, 0.2) is 61.1 Å². The van der Waals surface area contributed by atoms with Crippen LogP contribution in [-0.2, 0) is 13.1 Å². The van der Waals surface area contributed by atoms with Gasteiger partial charge in [0.1, 0.15) is 17.9 Å². The lowest BCUT2D eigenvalue weighted by atomic mass is 10.1. The highest BCUT2D eigenvalue weighted by molar-refractivity contribution is 5.94. The molecule has 0 bridgehead atoms. The lowest BCUT2D eigenvalue weighted by molar-refractivity contribution is 0.0746. The molecule has 3 heterocycles. The lowest BCUT2D eigenvalue weighted by Gasteiger charge is -2.35. The minimum absolute atomic E-state index is 0.0824. The summed E-state index contributed by atoms with van der Waals surface area (Å²) in [5.74, 6) is 1.80. The van der Waals surface area contributed by atoms with E-state index >= 15 is 0 Å². The lowest BCUT2D eigenvalue weighted by Crippen LogP contribution is -2.49. The second-order valence-corrected chi connectivity index (χ2v) is 9.75. The van der Waals surface area contributed by atoms with Crippen molar-refractivity contribution >= 4 is 22.8 Å². The molecule has 9 heteroatoms. The molecular formula is C30H37N7O2. The molecule has 0 aliphatic carbocycles. The minimum Gasteiger partial charge on any atom is -0.494 e. The van der Waals surface area contributed by atoms with Crippen molar-refractivity contribution in [1.29, 1.82) is 0 Å². The van der Waals surface area contributed by atoms with E-state index in [9.17, 15) is 4.79 Å². The van der Waals surface area contributed by atoms with Gasteiger partial charge in [0.25, 0.3) is 5.91 Å². The number of piperazine rings is 1. The quantitative estimate of drug-likeness (QED) is 0.308. The Bertz CT molecular complexity index is 1390. The average molecular weight is 528 g/mol. The SMILES string of the molecule is CCOc1cccc(Cn2ncc3c(N4CCN(C(=O)c5ccc(CN(CC)CC)cc5)CC4)ncnc32)c1. The molecule has 0 spiro atoms. The number of ether oxygens (including phenoxy) is 1. The van der Waals surface area contributed by atoms with Crippen LogP contribution in [0.25, 0.3) is 11.0 Å². The number of hydrogen-bond donors (Lipinski definition) is 0. The van der Waals surface area contributed by atoms with Crippen LogP contribution in [0.4, 0.5) is 5.82 Å². The van der Waals surface area contributed by atoms with Crippen LogP contribution in [-0.4, -0.2) is 81.3 Å². The van der Waals surface area contributed by atoms with Gasteiger partial charge in [-0.25, -0.2) is 14.6 Å². The van der Waals surface area contributed by atoms with Crippen LogP contribution in [0, 0.1) is 0 Å². The normalized spacial score (nSPS) is 13.8. The van der Waals surface area contributed by atoms with E-state index in [1.165, 1.54) is 5.56 Å². The largest absolute Gasteiger partial charge is 0.494 e. The maximum Gasteiger partial charge on any atom is 0.253 e. The number of nitrogens with zero attached hydrogens (tertiary/aromatic N) is 7. The molecule has 1 amide bonds. The molecule has 4 aromatic rings. The summed E-state index contributed by atoms with van der Waals surface area (Å²) >= 11 is 0. The summed E-state index contributed by atoms with van der Waals surface area (Å²) in [6, 6.07) is 16.1. The molecule has 5 rings (SSSR count). The van der Waals surface area contributed by atoms with Crippen LogP contribution in [0.1, 0.15) is 42.3 Å². The van der Waals surface area contributed by atoms with Gasteiger partial charge in [-0.05, 0) is 55.4 Å². The number of anilines is 1. The van der Waals surface area contributed by atoms with E-state index in [2.05, 4.69) is 56.9 Å². The number of amides is 1. The van der Waals surface area contributed by atoms with Crippen LogP contribution in [0.3, 0.4) is 0 Å². The monoisotopic (exact) mass is 527 g/mol. The van der Waals surface area contributed by atoms with Crippen LogP contribution < -0.4 is 9.64 Å². The van der Waals surface area contributed by atoms with E-state index in [0.29, 0.717) is 39.3 Å². The predicted octanol–water partition coefficient (Wildman–Crippen LogP) is 4.08. The van der Waals surface area contributed by atoms with Gasteiger partial charge >= 0.3 is 0 Å². The molecule has 1 saturated heterocycles. The Morgan fingerprint density at radius 1 is 0.949 bits per heavy atom. The Balaban J connectivity index is 1.23. The zero-order chi connectivity index (χ0) is 27.2. The van der Waals surface area contributed by atoms with Crippen molar-refractivity contribution in [2.75, 3.05) is 50.8 Å². The van der Waals surface area contributed by atoms with Crippen LogP contribution in [0.5, 0.6) is 5.75 Å². The molecule has 2 aromatic heterocycles. The highest BCUT2D eigenvalue weighted by Gasteiger charge is 2.25. The number of aromatic nitrogens is 4. The number of benzene rings is 2. The summed E-state index contributed by atoms with van der Waals surface area (Å²) in [5.41, 5.74) is 3.87. The van der Waals surface area contributed by atoms with Crippen LogP contribution in [0.2, 0.25) is 0 Å². The van der Waals surface area contributed by atoms with Gasteiger partial charge < -0.3 is 14.5 Å². The average Bonchev–Trinajstić information content (AvgIpc) is 3.39. The van der Waals surface area contributed by atoms with Gasteiger partial charge in [0.2, 0.25) is 0 Å². The zero-order valence-corrected chi connectivity index (χ0v) is 23.1. The standard InChI is InChI=1S/C30H37N7O2/c1-4-34(5-2)20-23-10-12-25(13-11-23)30(38)36-16-14-35(15-17-36)28-27-19-33-37(29(27)32-22-31-28)21-24-8-7-9-26(18-24)39-6-3/h7-13,18-19,22H,4-6,14-17,20-21H2,1-3H3. The molecule has 1 aliphatic rings. The summed E-state index contributed by atoms with van der Waals surface area (Å²) < 4.78 is 7.54. The van der Waals surface area contributed by atoms with Crippen molar-refractivity contribution in [3.05, 3.63) is 77.7 Å². The second kappa shape index (κ2) is 12.3. The fourth-order valence-corrected chi connectivity index (χ4v) is 5.08. The highest BCUT2D eigenvalue weighted by Crippen LogP contribution is 2.25. The Morgan fingerprint density at radius 3 is 2.44 bits per heavy atom. The summed E-state index contributed by atoms with van der Waals surface area (Å²) in [4.78, 5) is 28.8. The van der Waals surface area contributed by atoms with Crippen molar-refractivity contribution in [3.63, 3.8) is 0 Å². The van der Waals surface area contributed by atoms with Gasteiger partial charge in [-0.3, -0.25) is 9.69 Å². The van der Waals surface area contributed by atoms with Gasteiger partial charge in [-0.1, -0.05) is 38.1 Å². The topological polar surface area (TPSA) is 79.6 Å². The first-order chi connectivity index (χ1) is 19.1. The molecule has 0 saturated carbocycles. The third-order valence-corrected chi connectivity index (χ3v) is 7.32. The second-order valence-electron chi connectivity index (χ2n) is 9.75. The predicted molar refractivity (Wildman–Crippen MR) is 153 cm³/mol. The Kier molecular flexibility index (Phi) is 8.36. The van der Waals surface area contributed by atoms with Gasteiger partial charge in [0.05, 0.1) is 24.7 Å². The summed E-state index contributed by atoms with van der Waals surface area (Å²) in [6.07, 6.45) is 3.44. The summed E-state index contributed by atoms with van der Waals surface area (Å²) in [6.45, 7) is 13.2. The van der Waals surface area contributed by atoms with Crippen LogP contribution >= 0.6 is 0 Å². The molecule has 1 fully saturated rings. The number of hydrogen-bond acceptors (Lipinski definition) is 7. The molecule has 2 aromatic carbocycles. The molecule has 1 aliphatic heterocycles. The number of carbonyl (C=O) groups is 1. The first-order valence-corrected chi connectivity index (χ1v) is 13.8. The molecule has 39 heavy (non-hydrogen) atoms. The highest BCUT2D eigenvalue weighted by atomic mass is 16.5. The molecule has 9 nitrogen and oxygen atoms in total. The number of fused-ring (bicyclic) bond motifs is 1. The van der Waals surface area contributed by atoms with E-state index in [4.69, 9.17) is 4.74 Å². The molecule has 0 N–H and O–H groups in total. The van der Waals surface area contributed by atoms with Gasteiger partial charge in [0, 0.05) is 38.3 Å². The van der Waals surface area contributed by atoms with Crippen molar-refractivity contribution in [1.82, 2.24) is 29.5 Å². The maximum absolute atomic E-state index is 13.2. The van der Waals surface area contributed by atoms with E-state index < -0.39 is 0 Å². The van der Waals surface area contributed by atoms with E-state index in [0.717, 1.165) is 53.4 Å². The van der Waals surface area contributed by atoms with Gasteiger partial charge in [-0.2, -0.15) is 5.10 Å². The first-order valence-electron chi connectivity index (χ1n) is 13.8. The molecule has 0 radical (unpaired) electrons. The van der Waals surface area contributed by atoms with Gasteiger partial charge in [0.15, 0.2) is 5.65 Å². The first kappa shape index (κ1) is 26.6. The Labute approximate surface area is 230 Å². The van der Waals surface area contributed by atoms with E-state index in [1.807, 2.05) is 53.0 Å². The molecule has 0 unspecified atom stereocenters. The Hall–Kier alpha value is -3.98. The summed E-state index contributed by atoms with van der Waals surface area (Å²) in [7, 11) is 0. The zero-order valence-electron chi connectivity index (χ0n) is 23.1. The third kappa shape index (κ3) is 6.04. The van der Waals surface area contributed by atoms with Crippen molar-refractivity contribution in [2.24, 2.45) is 0 Å². The van der Waals surface area contributed by atoms with Crippen molar-refractivity contribution in [2.45, 2.75) is 33.9 Å². The summed E-state index contributed by atoms with van der Waals surface area (Å²) in [5, 5.41) is 5.54. The van der Waals surface area contributed by atoms with Crippen molar-refractivity contribution < 1.29 is 9.53 Å². The number of carbonyl (C=O) groups excluding carboxylic acids is 1. The number of rotatable bonds is 10. The Morgan fingerprint density at radius 2 is 1.72 bits per heavy atom. The van der Waals surface area contributed by atoms with Gasteiger partial charge in [-0.15, -0.1) is 0 Å². The third-order valence-electron chi connectivity index (χ3n) is 7.32. The maximum atomic E-state index is 13.2. The molecular weight excluding hydrogens is 490 g/mol. The fraction of sp³-hybridized carbons (Fsp3) is 0.400. The van der Waals surface area contributed by atoms with E-state index in [1.54, 1.807) is 6.33 Å². The smallest absolute Gasteiger partial charge is 0.253 e. The van der Waals surface area contributed by atoms with Crippen molar-refractivity contribution in [3.8, 4) is 5.75 Å². The minimum atomic E-state index is 0.0824. The van der Waals surface area contributed by atoms with E-state index in [-0.39, 0.29) is 5.91 Å². The fourth-order valence-electron chi connectivity index (χ4n) is 5.08. The molecule has 204 valence electrons.